The van der Waals surface area contributed by atoms with Gasteiger partial charge in [0.2, 0.25) is 5.95 Å². The molecule has 3 rings (SSSR count). The molecule has 1 aromatic heterocycles. The Hall–Kier alpha value is -2.08. The molecule has 20 heavy (non-hydrogen) atoms. The van der Waals surface area contributed by atoms with Crippen LogP contribution in [0.5, 0.6) is 0 Å². The normalized spacial score (nSPS) is 11.2. The van der Waals surface area contributed by atoms with E-state index in [1.54, 1.807) is 16.3 Å². The topological polar surface area (TPSA) is 43.8 Å². The Labute approximate surface area is 118 Å². The largest absolute Gasteiger partial charge is 0.369 e. The van der Waals surface area contributed by atoms with Gasteiger partial charge in [-0.1, -0.05) is 6.07 Å². The average Bonchev–Trinajstić information content (AvgIpc) is 2.75. The van der Waals surface area contributed by atoms with Crippen molar-refractivity contribution in [1.29, 1.82) is 0 Å². The van der Waals surface area contributed by atoms with Gasteiger partial charge in [0.1, 0.15) is 11.3 Å². The quantitative estimate of drug-likeness (QED) is 0.734. The van der Waals surface area contributed by atoms with Crippen molar-refractivity contribution in [2.75, 3.05) is 12.0 Å². The van der Waals surface area contributed by atoms with E-state index in [2.05, 4.69) is 4.98 Å². The van der Waals surface area contributed by atoms with Crippen molar-refractivity contribution in [1.82, 2.24) is 9.55 Å². The maximum absolute atomic E-state index is 13.7. The first-order chi connectivity index (χ1) is 9.60. The first-order valence-electron chi connectivity index (χ1n) is 5.87. The van der Waals surface area contributed by atoms with Crippen LogP contribution in [0.2, 0.25) is 0 Å². The molecule has 0 saturated carbocycles. The molecule has 2 N–H and O–H groups in total. The first-order valence-corrected chi connectivity index (χ1v) is 7.10. The fraction of sp³-hybridized carbons (Fsp3) is 0.0714. The van der Waals surface area contributed by atoms with Crippen LogP contribution >= 0.6 is 11.8 Å². The van der Waals surface area contributed by atoms with Crippen LogP contribution in [0.1, 0.15) is 0 Å². The second-order valence-corrected chi connectivity index (χ2v) is 5.14. The highest BCUT2D eigenvalue weighted by molar-refractivity contribution is 7.98. The number of halogens is 2. The second kappa shape index (κ2) is 4.79. The van der Waals surface area contributed by atoms with Gasteiger partial charge in [-0.25, -0.2) is 13.8 Å². The Morgan fingerprint density at radius 2 is 2.00 bits per heavy atom. The summed E-state index contributed by atoms with van der Waals surface area (Å²) in [5.74, 6) is -1.24. The maximum atomic E-state index is 13.7. The Morgan fingerprint density at radius 3 is 2.75 bits per heavy atom. The fourth-order valence-electron chi connectivity index (χ4n) is 2.14. The van der Waals surface area contributed by atoms with Crippen molar-refractivity contribution in [2.24, 2.45) is 0 Å². The molecule has 0 saturated heterocycles. The van der Waals surface area contributed by atoms with E-state index in [-0.39, 0.29) is 11.5 Å². The summed E-state index contributed by atoms with van der Waals surface area (Å²) in [4.78, 5) is 5.01. The molecule has 0 fully saturated rings. The molecule has 6 heteroatoms. The zero-order valence-corrected chi connectivity index (χ0v) is 11.4. The van der Waals surface area contributed by atoms with Gasteiger partial charge >= 0.3 is 0 Å². The predicted molar refractivity (Wildman–Crippen MR) is 77.2 cm³/mol. The van der Waals surface area contributed by atoms with Crippen LogP contribution in [0.25, 0.3) is 16.7 Å². The summed E-state index contributed by atoms with van der Waals surface area (Å²) in [6.45, 7) is 0. The van der Waals surface area contributed by atoms with Crippen molar-refractivity contribution in [2.45, 2.75) is 4.90 Å². The Balaban J connectivity index is 2.32. The van der Waals surface area contributed by atoms with Crippen LogP contribution in [0, 0.1) is 11.6 Å². The first kappa shape index (κ1) is 12.9. The summed E-state index contributed by atoms with van der Waals surface area (Å²) in [7, 11) is 0. The van der Waals surface area contributed by atoms with Crippen LogP contribution < -0.4 is 5.73 Å². The Kier molecular flexibility index (Phi) is 3.10. The number of hydrogen-bond acceptors (Lipinski definition) is 3. The van der Waals surface area contributed by atoms with Crippen LogP contribution in [0.15, 0.2) is 41.3 Å². The number of nitrogens with two attached hydrogens (primary N) is 1. The minimum atomic E-state index is -0.716. The summed E-state index contributed by atoms with van der Waals surface area (Å²) in [5.41, 5.74) is 6.96. The van der Waals surface area contributed by atoms with Crippen LogP contribution in [0.3, 0.4) is 0 Å². The molecule has 0 bridgehead atoms. The van der Waals surface area contributed by atoms with Crippen LogP contribution in [-0.2, 0) is 0 Å². The van der Waals surface area contributed by atoms with Crippen molar-refractivity contribution in [3.05, 3.63) is 48.0 Å². The molecule has 0 amide bonds. The number of imidazole rings is 1. The number of hydrogen-bond donors (Lipinski definition) is 1. The van der Waals surface area contributed by atoms with E-state index in [9.17, 15) is 8.78 Å². The molecule has 3 aromatic rings. The summed E-state index contributed by atoms with van der Waals surface area (Å²) in [5, 5.41) is 0. The van der Waals surface area contributed by atoms with E-state index in [4.69, 9.17) is 5.73 Å². The molecular weight excluding hydrogens is 280 g/mol. The molecule has 0 aliphatic rings. The minimum absolute atomic E-state index is 0.0680. The molecule has 3 nitrogen and oxygen atoms in total. The molecule has 0 unspecified atom stereocenters. The third-order valence-electron chi connectivity index (χ3n) is 3.02. The molecule has 0 aliphatic carbocycles. The van der Waals surface area contributed by atoms with E-state index in [0.29, 0.717) is 5.52 Å². The van der Waals surface area contributed by atoms with Crippen molar-refractivity contribution in [3.8, 4) is 5.69 Å². The SMILES string of the molecule is CSc1cccc(-n2c(N)nc3c(F)cc(F)cc32)c1. The number of thioether (sulfide) groups is 1. The Bertz CT molecular complexity index is 798. The van der Waals surface area contributed by atoms with E-state index in [1.165, 1.54) is 6.07 Å². The minimum Gasteiger partial charge on any atom is -0.369 e. The summed E-state index contributed by atoms with van der Waals surface area (Å²) in [6.07, 6.45) is 1.95. The third-order valence-corrected chi connectivity index (χ3v) is 3.74. The van der Waals surface area contributed by atoms with Crippen molar-refractivity contribution in [3.63, 3.8) is 0 Å². The van der Waals surface area contributed by atoms with E-state index < -0.39 is 11.6 Å². The highest BCUT2D eigenvalue weighted by Crippen LogP contribution is 2.27. The van der Waals surface area contributed by atoms with Gasteiger partial charge < -0.3 is 5.73 Å². The van der Waals surface area contributed by atoms with E-state index >= 15 is 0 Å². The number of benzene rings is 2. The van der Waals surface area contributed by atoms with Crippen LogP contribution in [-0.4, -0.2) is 15.8 Å². The highest BCUT2D eigenvalue weighted by atomic mass is 32.2. The maximum Gasteiger partial charge on any atom is 0.206 e. The van der Waals surface area contributed by atoms with Gasteiger partial charge in [-0.05, 0) is 24.5 Å². The summed E-state index contributed by atoms with van der Waals surface area (Å²) in [6, 6.07) is 9.56. The Morgan fingerprint density at radius 1 is 1.20 bits per heavy atom. The van der Waals surface area contributed by atoms with E-state index in [1.807, 2.05) is 30.5 Å². The van der Waals surface area contributed by atoms with Gasteiger partial charge in [-0.2, -0.15) is 0 Å². The fourth-order valence-corrected chi connectivity index (χ4v) is 2.60. The standard InChI is InChI=1S/C14H11F2N3S/c1-20-10-4-2-3-9(7-10)19-12-6-8(15)5-11(16)13(12)18-14(19)17/h2-7H,1H3,(H2,17,18). The van der Waals surface area contributed by atoms with Gasteiger partial charge in [-0.3, -0.25) is 4.57 Å². The zero-order valence-electron chi connectivity index (χ0n) is 10.6. The smallest absolute Gasteiger partial charge is 0.206 e. The highest BCUT2D eigenvalue weighted by Gasteiger charge is 2.15. The molecule has 0 radical (unpaired) electrons. The number of fused-ring (bicyclic) bond motifs is 1. The summed E-state index contributed by atoms with van der Waals surface area (Å²) < 4.78 is 28.7. The predicted octanol–water partition coefficient (Wildman–Crippen LogP) is 3.61. The number of nitrogen functional groups attached to an aromatic ring is 1. The summed E-state index contributed by atoms with van der Waals surface area (Å²) >= 11 is 1.58. The lowest BCUT2D eigenvalue weighted by molar-refractivity contribution is 0.590. The van der Waals surface area contributed by atoms with Gasteiger partial charge in [0.15, 0.2) is 5.82 Å². The van der Waals surface area contributed by atoms with Crippen molar-refractivity contribution >= 4 is 28.7 Å². The number of rotatable bonds is 2. The number of anilines is 1. The molecule has 1 heterocycles. The molecule has 0 spiro atoms. The average molecular weight is 291 g/mol. The molecule has 2 aromatic carbocycles. The second-order valence-electron chi connectivity index (χ2n) is 4.26. The van der Waals surface area contributed by atoms with Crippen molar-refractivity contribution < 1.29 is 8.78 Å². The van der Waals surface area contributed by atoms with Gasteiger partial charge in [0.25, 0.3) is 0 Å². The third kappa shape index (κ3) is 2.02. The zero-order chi connectivity index (χ0) is 14.3. The molecular formula is C14H11F2N3S. The molecule has 0 atom stereocenters. The monoisotopic (exact) mass is 291 g/mol. The van der Waals surface area contributed by atoms with Gasteiger partial charge in [0.05, 0.1) is 11.2 Å². The lowest BCUT2D eigenvalue weighted by atomic mass is 10.2. The van der Waals surface area contributed by atoms with E-state index in [0.717, 1.165) is 16.6 Å². The molecule has 102 valence electrons. The van der Waals surface area contributed by atoms with Gasteiger partial charge in [-0.15, -0.1) is 11.8 Å². The lowest BCUT2D eigenvalue weighted by Crippen LogP contribution is -2.00. The number of aromatic nitrogens is 2. The lowest BCUT2D eigenvalue weighted by Gasteiger charge is -2.08. The number of nitrogens with zero attached hydrogens (tertiary/aromatic N) is 2. The van der Waals surface area contributed by atoms with Crippen LogP contribution in [0.4, 0.5) is 14.7 Å². The molecule has 0 aliphatic heterocycles. The van der Waals surface area contributed by atoms with Gasteiger partial charge in [0, 0.05) is 17.0 Å².